The summed E-state index contributed by atoms with van der Waals surface area (Å²) in [4.78, 5) is 12.1. The van der Waals surface area contributed by atoms with Crippen molar-refractivity contribution in [1.82, 2.24) is 9.78 Å². The van der Waals surface area contributed by atoms with Gasteiger partial charge in [-0.25, -0.2) is 9.48 Å². The van der Waals surface area contributed by atoms with E-state index in [1.807, 2.05) is 18.3 Å². The van der Waals surface area contributed by atoms with Crippen LogP contribution >= 0.6 is 0 Å². The second kappa shape index (κ2) is 5.41. The van der Waals surface area contributed by atoms with Crippen molar-refractivity contribution in [3.63, 3.8) is 0 Å². The molecule has 21 heavy (non-hydrogen) atoms. The lowest BCUT2D eigenvalue weighted by molar-refractivity contribution is 0.0419. The second-order valence-electron chi connectivity index (χ2n) is 5.41. The molecule has 2 aromatic rings. The number of hydrogen-bond donors (Lipinski definition) is 0. The Bertz CT molecular complexity index is 682. The van der Waals surface area contributed by atoms with Crippen LogP contribution in [0.4, 0.5) is 0 Å². The fraction of sp³-hybridized carbons (Fsp3) is 0.312. The number of benzene rings is 1. The monoisotopic (exact) mass is 281 g/mol. The number of aromatic nitrogens is 2. The third-order valence-electron chi connectivity index (χ3n) is 3.77. The molecular weight excluding hydrogens is 266 g/mol. The minimum absolute atomic E-state index is 0.0933. The number of carbonyl (C=O) groups excluding carboxylic acids is 1. The molecule has 1 heterocycles. The van der Waals surface area contributed by atoms with Gasteiger partial charge in [0.2, 0.25) is 0 Å². The minimum Gasteiger partial charge on any atom is -0.461 e. The summed E-state index contributed by atoms with van der Waals surface area (Å²) >= 11 is 0. The number of rotatable bonds is 5. The smallest absolute Gasteiger partial charge is 0.338 e. The number of carbonyl (C=O) groups is 1. The van der Waals surface area contributed by atoms with Gasteiger partial charge in [-0.2, -0.15) is 10.4 Å². The van der Waals surface area contributed by atoms with Crippen LogP contribution in [0.15, 0.2) is 42.7 Å². The first kappa shape index (κ1) is 13.4. The molecule has 0 N–H and O–H groups in total. The van der Waals surface area contributed by atoms with Crippen molar-refractivity contribution in [3.05, 3.63) is 48.3 Å². The first-order chi connectivity index (χ1) is 10.2. The van der Waals surface area contributed by atoms with E-state index in [-0.39, 0.29) is 11.4 Å². The summed E-state index contributed by atoms with van der Waals surface area (Å²) in [6.45, 7) is 0.325. The molecular formula is C16H15N3O2. The van der Waals surface area contributed by atoms with Gasteiger partial charge >= 0.3 is 5.97 Å². The van der Waals surface area contributed by atoms with Gasteiger partial charge in [-0.15, -0.1) is 0 Å². The quantitative estimate of drug-likeness (QED) is 0.790. The number of nitrogens with zero attached hydrogens (tertiary/aromatic N) is 3. The third kappa shape index (κ3) is 2.95. The lowest BCUT2D eigenvalue weighted by Crippen LogP contribution is -2.15. The molecule has 0 unspecified atom stereocenters. The van der Waals surface area contributed by atoms with E-state index in [1.54, 1.807) is 29.1 Å². The van der Waals surface area contributed by atoms with Gasteiger partial charge < -0.3 is 4.74 Å². The summed E-state index contributed by atoms with van der Waals surface area (Å²) in [6.07, 6.45) is 5.87. The maximum absolute atomic E-state index is 12.1. The molecule has 5 heteroatoms. The van der Waals surface area contributed by atoms with Crippen LogP contribution in [0, 0.1) is 16.7 Å². The Morgan fingerprint density at radius 3 is 2.95 bits per heavy atom. The zero-order chi connectivity index (χ0) is 14.7. The zero-order valence-corrected chi connectivity index (χ0v) is 11.5. The largest absolute Gasteiger partial charge is 0.461 e. The Kier molecular flexibility index (Phi) is 3.44. The Balaban J connectivity index is 1.68. The van der Waals surface area contributed by atoms with E-state index >= 15 is 0 Å². The number of nitriles is 1. The highest BCUT2D eigenvalue weighted by atomic mass is 16.5. The van der Waals surface area contributed by atoms with Crippen LogP contribution in [0.25, 0.3) is 5.69 Å². The molecule has 0 radical (unpaired) electrons. The molecule has 1 aromatic heterocycles. The molecule has 1 fully saturated rings. The Morgan fingerprint density at radius 1 is 1.43 bits per heavy atom. The normalized spacial score (nSPS) is 15.2. The average molecular weight is 281 g/mol. The molecule has 1 saturated carbocycles. The maximum Gasteiger partial charge on any atom is 0.338 e. The van der Waals surface area contributed by atoms with Crippen molar-refractivity contribution in [2.75, 3.05) is 6.61 Å². The molecule has 0 spiro atoms. The molecule has 5 nitrogen and oxygen atoms in total. The molecule has 106 valence electrons. The van der Waals surface area contributed by atoms with Crippen molar-refractivity contribution in [2.24, 2.45) is 5.41 Å². The predicted octanol–water partition coefficient (Wildman–Crippen LogP) is 2.72. The summed E-state index contributed by atoms with van der Waals surface area (Å²) in [6, 6.07) is 11.1. The Hall–Kier alpha value is -2.61. The summed E-state index contributed by atoms with van der Waals surface area (Å²) in [5.74, 6) is -0.353. The highest BCUT2D eigenvalue weighted by molar-refractivity contribution is 5.90. The topological polar surface area (TPSA) is 67.9 Å². The lowest BCUT2D eigenvalue weighted by atomic mass is 10.1. The summed E-state index contributed by atoms with van der Waals surface area (Å²) < 4.78 is 7.05. The van der Waals surface area contributed by atoms with Gasteiger partial charge in [0.25, 0.3) is 0 Å². The van der Waals surface area contributed by atoms with Crippen LogP contribution in [-0.2, 0) is 4.74 Å². The molecule has 0 saturated heterocycles. The van der Waals surface area contributed by atoms with E-state index in [1.165, 1.54) is 0 Å². The molecule has 0 amide bonds. The van der Waals surface area contributed by atoms with Crippen LogP contribution in [0.2, 0.25) is 0 Å². The Morgan fingerprint density at radius 2 is 2.29 bits per heavy atom. The molecule has 1 aliphatic rings. The van der Waals surface area contributed by atoms with E-state index in [2.05, 4.69) is 11.2 Å². The van der Waals surface area contributed by atoms with Crippen molar-refractivity contribution in [3.8, 4) is 11.8 Å². The van der Waals surface area contributed by atoms with Gasteiger partial charge in [0.05, 0.1) is 23.9 Å². The van der Waals surface area contributed by atoms with Gasteiger partial charge in [-0.3, -0.25) is 0 Å². The molecule has 0 atom stereocenters. The first-order valence-electron chi connectivity index (χ1n) is 6.87. The molecule has 3 rings (SSSR count). The summed E-state index contributed by atoms with van der Waals surface area (Å²) in [7, 11) is 0. The number of esters is 1. The zero-order valence-electron chi connectivity index (χ0n) is 11.5. The van der Waals surface area contributed by atoms with Crippen LogP contribution in [0.3, 0.4) is 0 Å². The van der Waals surface area contributed by atoms with E-state index in [4.69, 9.17) is 10.00 Å². The van der Waals surface area contributed by atoms with Gasteiger partial charge in [0, 0.05) is 24.2 Å². The molecule has 0 aliphatic heterocycles. The van der Waals surface area contributed by atoms with E-state index in [0.29, 0.717) is 18.6 Å². The first-order valence-corrected chi connectivity index (χ1v) is 6.87. The molecule has 0 bridgehead atoms. The number of hydrogen-bond acceptors (Lipinski definition) is 4. The van der Waals surface area contributed by atoms with Gasteiger partial charge in [0.15, 0.2) is 0 Å². The summed E-state index contributed by atoms with van der Waals surface area (Å²) in [5, 5.41) is 12.9. The Labute approximate surface area is 122 Å². The van der Waals surface area contributed by atoms with Crippen molar-refractivity contribution < 1.29 is 9.53 Å². The van der Waals surface area contributed by atoms with E-state index in [0.717, 1.165) is 18.5 Å². The van der Waals surface area contributed by atoms with Crippen LogP contribution in [-0.4, -0.2) is 22.4 Å². The van der Waals surface area contributed by atoms with E-state index in [9.17, 15) is 4.79 Å². The standard InChI is InChI=1S/C16H15N3O2/c17-8-7-16(5-6-16)12-21-15(20)13-3-1-4-14(11-13)19-10-2-9-18-19/h1-4,9-11H,5-7,12H2. The van der Waals surface area contributed by atoms with Gasteiger partial charge in [-0.05, 0) is 37.1 Å². The second-order valence-corrected chi connectivity index (χ2v) is 5.41. The average Bonchev–Trinajstić information content (AvgIpc) is 3.06. The predicted molar refractivity (Wildman–Crippen MR) is 75.7 cm³/mol. The van der Waals surface area contributed by atoms with Crippen LogP contribution in [0.5, 0.6) is 0 Å². The van der Waals surface area contributed by atoms with Gasteiger partial charge in [0.1, 0.15) is 0 Å². The van der Waals surface area contributed by atoms with Crippen molar-refractivity contribution >= 4 is 5.97 Å². The van der Waals surface area contributed by atoms with Crippen LogP contribution in [0.1, 0.15) is 29.6 Å². The fourth-order valence-electron chi connectivity index (χ4n) is 2.22. The minimum atomic E-state index is -0.353. The molecule has 1 aliphatic carbocycles. The summed E-state index contributed by atoms with van der Waals surface area (Å²) in [5.41, 5.74) is 1.22. The van der Waals surface area contributed by atoms with Crippen LogP contribution < -0.4 is 0 Å². The third-order valence-corrected chi connectivity index (χ3v) is 3.77. The highest BCUT2D eigenvalue weighted by Gasteiger charge is 2.43. The SMILES string of the molecule is N#CCC1(COC(=O)c2cccc(-n3cccn3)c2)CC1. The number of ether oxygens (including phenoxy) is 1. The fourth-order valence-corrected chi connectivity index (χ4v) is 2.22. The maximum atomic E-state index is 12.1. The lowest BCUT2D eigenvalue weighted by Gasteiger charge is -2.12. The highest BCUT2D eigenvalue weighted by Crippen LogP contribution is 2.48. The van der Waals surface area contributed by atoms with Crippen molar-refractivity contribution in [1.29, 1.82) is 5.26 Å². The van der Waals surface area contributed by atoms with Crippen molar-refractivity contribution in [2.45, 2.75) is 19.3 Å². The molecule has 1 aromatic carbocycles. The van der Waals surface area contributed by atoms with E-state index < -0.39 is 0 Å². The van der Waals surface area contributed by atoms with Gasteiger partial charge in [-0.1, -0.05) is 6.07 Å².